The summed E-state index contributed by atoms with van der Waals surface area (Å²) in [5.74, 6) is 0. The van der Waals surface area contributed by atoms with E-state index >= 15 is 0 Å². The molecule has 5 heavy (non-hydrogen) atoms. The van der Waals surface area contributed by atoms with Crippen LogP contribution in [0, 0.1) is 0 Å². The Morgan fingerprint density at radius 1 is 1.80 bits per heavy atom. The first-order valence-electron chi connectivity index (χ1n) is 1.19. The third-order valence-corrected chi connectivity index (χ3v) is 1.04. The van der Waals surface area contributed by atoms with Gasteiger partial charge in [0, 0.05) is 0 Å². The molecule has 0 aliphatic carbocycles. The van der Waals surface area contributed by atoms with E-state index in [0.29, 0.717) is 0 Å². The molecule has 1 rings (SSSR count). The molecule has 0 amide bonds. The first-order valence-corrected chi connectivity index (χ1v) is 2.44. The summed E-state index contributed by atoms with van der Waals surface area (Å²) in [5, 5.41) is 0. The Morgan fingerprint density at radius 2 is 2.20 bits per heavy atom. The second-order valence-electron chi connectivity index (χ2n) is 0.676. The van der Waals surface area contributed by atoms with Gasteiger partial charge in [0.2, 0.25) is 0 Å². The molecular weight excluding hydrogens is 84.6 g/mol. The molecule has 1 saturated heterocycles. The van der Waals surface area contributed by atoms with Gasteiger partial charge in [-0.1, -0.05) is 4.57 Å². The molecule has 1 heterocycles. The van der Waals surface area contributed by atoms with Crippen molar-refractivity contribution in [1.29, 1.82) is 0 Å². The fraction of sp³-hybridized carbons (Fsp3) is 0. The number of hydrogen-bond acceptors (Lipinski definition) is 2. The van der Waals surface area contributed by atoms with Crippen molar-refractivity contribution in [3.63, 3.8) is 0 Å². The van der Waals surface area contributed by atoms with Crippen LogP contribution >= 0.6 is 7.91 Å². The second kappa shape index (κ2) is 1.11. The lowest BCUT2D eigenvalue weighted by Crippen LogP contribution is -2.12. The molecule has 0 aromatic carbocycles. The predicted molar refractivity (Wildman–Crippen MR) is 20.2 cm³/mol. The molecule has 1 aliphatic heterocycles. The van der Waals surface area contributed by atoms with Gasteiger partial charge in [-0.2, -0.15) is 0 Å². The van der Waals surface area contributed by atoms with Crippen molar-refractivity contribution in [1.82, 2.24) is 0 Å². The zero-order valence-electron chi connectivity index (χ0n) is 2.42. The summed E-state index contributed by atoms with van der Waals surface area (Å²) in [5.41, 5.74) is 0. The largest absolute Gasteiger partial charge is 0.517 e. The summed E-state index contributed by atoms with van der Waals surface area (Å²) in [6, 6.07) is 0. The molecule has 0 aromatic heterocycles. The van der Waals surface area contributed by atoms with Crippen molar-refractivity contribution in [2.45, 2.75) is 0 Å². The highest BCUT2D eigenvalue weighted by atomic mass is 31.1. The van der Waals surface area contributed by atoms with Crippen molar-refractivity contribution >= 4 is 22.2 Å². The first kappa shape index (κ1) is 3.38. The summed E-state index contributed by atoms with van der Waals surface area (Å²) in [4.78, 5) is 0. The molecule has 2 nitrogen and oxygen atoms in total. The number of rotatable bonds is 0. The maximum atomic E-state index is 9.74. The summed E-state index contributed by atoms with van der Waals surface area (Å²) < 4.78 is 14.0. The van der Waals surface area contributed by atoms with Crippen LogP contribution in [0.15, 0.2) is 0 Å². The molecule has 0 spiro atoms. The summed E-state index contributed by atoms with van der Waals surface area (Å²) in [7, 11) is 0.0671. The van der Waals surface area contributed by atoms with Gasteiger partial charge in [-0.15, -0.1) is 0 Å². The number of hydrogen-bond donors (Lipinski definition) is 0. The van der Waals surface area contributed by atoms with E-state index in [1.54, 1.807) is 0 Å². The SMILES string of the molecule is O=[P+]1[B][B]O1. The minimum atomic E-state index is -1.35. The quantitative estimate of drug-likeness (QED) is 0.303. The van der Waals surface area contributed by atoms with E-state index in [0.717, 1.165) is 0 Å². The van der Waals surface area contributed by atoms with E-state index in [4.69, 9.17) is 0 Å². The Bertz CT molecular complexity index is 54.7. The van der Waals surface area contributed by atoms with Gasteiger partial charge in [0.25, 0.3) is 0 Å². The molecule has 5 heteroatoms. The molecule has 0 aromatic rings. The Labute approximate surface area is 32.2 Å². The fourth-order valence-electron chi connectivity index (χ4n) is 0.111. The second-order valence-corrected chi connectivity index (χ2v) is 1.76. The lowest BCUT2D eigenvalue weighted by atomic mass is 9.70. The summed E-state index contributed by atoms with van der Waals surface area (Å²) in [6.45, 7) is 1.51. The van der Waals surface area contributed by atoms with E-state index in [2.05, 4.69) is 4.44 Å². The van der Waals surface area contributed by atoms with E-state index in [-0.39, 0.29) is 0 Å². The molecular formula is B2O2P+. The maximum Gasteiger partial charge on any atom is 0.517 e. The van der Waals surface area contributed by atoms with Crippen LogP contribution in [-0.4, -0.2) is 14.3 Å². The molecule has 1 aliphatic rings. The van der Waals surface area contributed by atoms with Gasteiger partial charge in [0.05, 0.1) is 0 Å². The standard InChI is InChI=1S/B2O2P/c3-5-2-1-4-5/q+1. The van der Waals surface area contributed by atoms with Gasteiger partial charge in [-0.25, -0.2) is 4.44 Å². The van der Waals surface area contributed by atoms with Crippen LogP contribution in [0.3, 0.4) is 0 Å². The Kier molecular flexibility index (Phi) is 0.753. The molecule has 1 fully saturated rings. The van der Waals surface area contributed by atoms with Gasteiger partial charge in [0.15, 0.2) is 0 Å². The predicted octanol–water partition coefficient (Wildman–Crippen LogP) is -0.0876. The van der Waals surface area contributed by atoms with Crippen molar-refractivity contribution in [2.75, 3.05) is 0 Å². The minimum Gasteiger partial charge on any atom is -0.246 e. The summed E-state index contributed by atoms with van der Waals surface area (Å²) >= 11 is 0. The smallest absolute Gasteiger partial charge is 0.246 e. The average Bonchev–Trinajstić information content (AvgIpc) is 1.30. The maximum absolute atomic E-state index is 9.74. The van der Waals surface area contributed by atoms with Gasteiger partial charge in [0.1, 0.15) is 0 Å². The third-order valence-electron chi connectivity index (χ3n) is 0.347. The molecule has 0 bridgehead atoms. The average molecular weight is 84.6 g/mol. The lowest BCUT2D eigenvalue weighted by molar-refractivity contribution is 0.530. The zero-order chi connectivity index (χ0) is 3.70. The molecule has 0 N–H and O–H groups in total. The van der Waals surface area contributed by atoms with E-state index in [1.165, 1.54) is 14.3 Å². The third kappa shape index (κ3) is 0.524. The Morgan fingerprint density at radius 3 is 2.20 bits per heavy atom. The van der Waals surface area contributed by atoms with Crippen LogP contribution in [-0.2, 0) is 9.01 Å². The molecule has 22 valence electrons. The lowest BCUT2D eigenvalue weighted by Gasteiger charge is -1.85. The van der Waals surface area contributed by atoms with Gasteiger partial charge >= 0.3 is 22.2 Å². The Hall–Kier alpha value is 0.190. The van der Waals surface area contributed by atoms with Crippen LogP contribution in [0.2, 0.25) is 0 Å². The normalized spacial score (nSPS) is 26.0. The van der Waals surface area contributed by atoms with Crippen molar-refractivity contribution in [3.05, 3.63) is 0 Å². The highest BCUT2D eigenvalue weighted by Crippen LogP contribution is 2.25. The monoisotopic (exact) mass is 85.0 g/mol. The van der Waals surface area contributed by atoms with Crippen LogP contribution in [0.5, 0.6) is 0 Å². The topological polar surface area (TPSA) is 26.3 Å². The zero-order valence-corrected chi connectivity index (χ0v) is 3.31. The van der Waals surface area contributed by atoms with E-state index < -0.39 is 7.91 Å². The van der Waals surface area contributed by atoms with Gasteiger partial charge in [-0.05, 0) is 0 Å². The van der Waals surface area contributed by atoms with E-state index in [9.17, 15) is 4.57 Å². The van der Waals surface area contributed by atoms with Crippen molar-refractivity contribution in [2.24, 2.45) is 0 Å². The van der Waals surface area contributed by atoms with Gasteiger partial charge in [-0.3, -0.25) is 0 Å². The van der Waals surface area contributed by atoms with Crippen LogP contribution in [0.1, 0.15) is 0 Å². The summed E-state index contributed by atoms with van der Waals surface area (Å²) in [6.07, 6.45) is 0. The first-order chi connectivity index (χ1) is 2.39. The Balaban J connectivity index is 2.32. The van der Waals surface area contributed by atoms with Crippen LogP contribution in [0.25, 0.3) is 0 Å². The minimum absolute atomic E-state index is 1.35. The van der Waals surface area contributed by atoms with E-state index in [1.807, 2.05) is 0 Å². The van der Waals surface area contributed by atoms with Crippen molar-refractivity contribution in [3.8, 4) is 0 Å². The fourth-order valence-corrected chi connectivity index (χ4v) is 0.332. The van der Waals surface area contributed by atoms with Crippen molar-refractivity contribution < 1.29 is 9.01 Å². The van der Waals surface area contributed by atoms with Crippen LogP contribution in [0.4, 0.5) is 0 Å². The highest BCUT2D eigenvalue weighted by Gasteiger charge is 2.36. The van der Waals surface area contributed by atoms with Crippen LogP contribution < -0.4 is 0 Å². The van der Waals surface area contributed by atoms with Gasteiger partial charge < -0.3 is 0 Å². The molecule has 2 radical (unpaired) electrons. The highest BCUT2D eigenvalue weighted by molar-refractivity contribution is 7.87. The molecule has 1 unspecified atom stereocenters. The molecule has 1 atom stereocenters. The molecule has 0 saturated carbocycles.